The molecule has 3 aromatic rings. The van der Waals surface area contributed by atoms with Gasteiger partial charge in [-0.2, -0.15) is 0 Å². The van der Waals surface area contributed by atoms with Gasteiger partial charge in [-0.15, -0.1) is 0 Å². The van der Waals surface area contributed by atoms with Gasteiger partial charge < -0.3 is 24.8 Å². The minimum atomic E-state index is -0.0326. The molecular weight excluding hydrogens is 783 g/mol. The van der Waals surface area contributed by atoms with Crippen LogP contribution < -0.4 is 35.4 Å². The standard InChI is InChI=1S/C39H57N2P.C7H6.2ClH.Ru/c1-25-20-27(3)34(28(4)21-25)36-37(35-29(5)22-26(2)23-30(35)6)41-39(40-36)31-14-13-19-38(39,24-31)42(32-15-9-7-10-16-32)33-17-11-8-12-18-33;1-7-5-3-2-4-6-7;;;/h20-23,31-33,36-37,40-41H,7-19,24H2,1-6H3;1-6H;2*1H;/q;;;;+2/p-2. The molecule has 284 valence electrons. The molecule has 1 heterocycles. The van der Waals surface area contributed by atoms with Crippen molar-refractivity contribution in [2.45, 2.75) is 166 Å². The van der Waals surface area contributed by atoms with Crippen molar-refractivity contribution in [1.82, 2.24) is 10.6 Å². The molecule has 2 bridgehead atoms. The minimum absolute atomic E-state index is 0. The SMILES string of the molecule is Cc1cc(C)c(C2NC3(NC2c2c(C)cc(C)cc2C)C2CCCC3(P(C3CCCCC3)C3CCCCC3)C2)c(C)c1.[Cl-].[Cl-].[Ru+2]=[CH]c1ccccc1. The van der Waals surface area contributed by atoms with Gasteiger partial charge in [-0.05, 0) is 137 Å². The topological polar surface area (TPSA) is 24.1 Å². The first kappa shape index (κ1) is 42.2. The van der Waals surface area contributed by atoms with Crippen molar-refractivity contribution < 1.29 is 42.7 Å². The summed E-state index contributed by atoms with van der Waals surface area (Å²) in [6.45, 7) is 14.0. The molecule has 4 saturated carbocycles. The fourth-order valence-corrected chi connectivity index (χ4v) is 17.7. The third-order valence-corrected chi connectivity index (χ3v) is 18.6. The van der Waals surface area contributed by atoms with E-state index >= 15 is 0 Å². The number of hydrogen-bond donors (Lipinski definition) is 2. The van der Waals surface area contributed by atoms with Crippen LogP contribution in [0.5, 0.6) is 0 Å². The van der Waals surface area contributed by atoms with Crippen LogP contribution in [0.1, 0.15) is 152 Å². The first-order valence-electron chi connectivity index (χ1n) is 20.1. The summed E-state index contributed by atoms with van der Waals surface area (Å²) in [7, 11) is -0.0326. The van der Waals surface area contributed by atoms with Crippen molar-refractivity contribution in [2.24, 2.45) is 5.92 Å². The van der Waals surface area contributed by atoms with E-state index in [4.69, 9.17) is 0 Å². The molecule has 6 heteroatoms. The maximum atomic E-state index is 4.65. The van der Waals surface area contributed by atoms with Crippen molar-refractivity contribution in [1.29, 1.82) is 0 Å². The fraction of sp³-hybridized carbons (Fsp3) is 0.587. The predicted molar refractivity (Wildman–Crippen MR) is 213 cm³/mol. The zero-order valence-corrected chi connectivity index (χ0v) is 36.8. The summed E-state index contributed by atoms with van der Waals surface area (Å²) in [5.74, 6) is 0.771. The Morgan fingerprint density at radius 2 is 1.06 bits per heavy atom. The fourth-order valence-electron chi connectivity index (χ4n) is 11.9. The van der Waals surface area contributed by atoms with Gasteiger partial charge in [0.1, 0.15) is 0 Å². The van der Waals surface area contributed by atoms with E-state index in [0.29, 0.717) is 17.2 Å². The van der Waals surface area contributed by atoms with Crippen LogP contribution in [0.4, 0.5) is 0 Å². The van der Waals surface area contributed by atoms with E-state index in [1.54, 1.807) is 11.1 Å². The van der Waals surface area contributed by atoms with E-state index in [0.717, 1.165) is 17.2 Å². The zero-order chi connectivity index (χ0) is 35.0. The molecule has 4 aliphatic carbocycles. The van der Waals surface area contributed by atoms with Gasteiger partial charge in [-0.3, -0.25) is 10.6 Å². The first-order chi connectivity index (χ1) is 24.2. The Kier molecular flexibility index (Phi) is 14.5. The summed E-state index contributed by atoms with van der Waals surface area (Å²) in [5.41, 5.74) is 15.1. The van der Waals surface area contributed by atoms with Crippen LogP contribution in [-0.2, 0) is 17.9 Å². The second-order valence-electron chi connectivity index (χ2n) is 17.0. The summed E-state index contributed by atoms with van der Waals surface area (Å²) in [4.78, 5) is 0. The molecule has 3 aromatic carbocycles. The molecule has 2 nitrogen and oxygen atoms in total. The Morgan fingerprint density at radius 3 is 1.44 bits per heavy atom. The molecule has 8 rings (SSSR count). The molecule has 1 spiro atoms. The zero-order valence-electron chi connectivity index (χ0n) is 32.6. The Hall–Kier alpha value is -0.917. The number of rotatable bonds is 6. The number of halogens is 2. The molecule has 0 radical (unpaired) electrons. The summed E-state index contributed by atoms with van der Waals surface area (Å²) in [5, 5.41) is 9.75. The average molecular weight is 847 g/mol. The monoisotopic (exact) mass is 846 g/mol. The van der Waals surface area contributed by atoms with Gasteiger partial charge in [0, 0.05) is 5.16 Å². The van der Waals surface area contributed by atoms with Crippen LogP contribution in [0.3, 0.4) is 0 Å². The quantitative estimate of drug-likeness (QED) is 0.247. The van der Waals surface area contributed by atoms with E-state index < -0.39 is 0 Å². The number of aryl methyl sites for hydroxylation is 6. The van der Waals surface area contributed by atoms with Crippen molar-refractivity contribution >= 4 is 12.5 Å². The molecule has 5 fully saturated rings. The third-order valence-electron chi connectivity index (χ3n) is 13.6. The summed E-state index contributed by atoms with van der Waals surface area (Å²) in [6, 6.07) is 20.6. The van der Waals surface area contributed by atoms with Gasteiger partial charge >= 0.3 is 58.4 Å². The van der Waals surface area contributed by atoms with Crippen molar-refractivity contribution in [2.75, 3.05) is 0 Å². The summed E-state index contributed by atoms with van der Waals surface area (Å²) in [6.07, 6.45) is 20.8. The Labute approximate surface area is 340 Å². The van der Waals surface area contributed by atoms with Gasteiger partial charge in [0.25, 0.3) is 0 Å². The molecule has 0 amide bonds. The van der Waals surface area contributed by atoms with Gasteiger partial charge in [0.05, 0.1) is 17.7 Å². The Morgan fingerprint density at radius 1 is 0.615 bits per heavy atom. The molecule has 4 atom stereocenters. The summed E-state index contributed by atoms with van der Waals surface area (Å²) >= 11 is 2.48. The van der Waals surface area contributed by atoms with Crippen LogP contribution in [0, 0.1) is 47.5 Å². The maximum absolute atomic E-state index is 4.65. The van der Waals surface area contributed by atoms with Crippen molar-refractivity contribution in [3.8, 4) is 0 Å². The van der Waals surface area contributed by atoms with Crippen molar-refractivity contribution in [3.05, 3.63) is 105 Å². The molecule has 5 aliphatic rings. The van der Waals surface area contributed by atoms with Crippen molar-refractivity contribution in [3.63, 3.8) is 0 Å². The van der Waals surface area contributed by atoms with E-state index in [2.05, 4.69) is 106 Å². The molecule has 1 aliphatic heterocycles. The average Bonchev–Trinajstić information content (AvgIpc) is 3.52. The van der Waals surface area contributed by atoms with Crippen LogP contribution in [0.25, 0.3) is 0 Å². The molecule has 4 unspecified atom stereocenters. The molecule has 2 N–H and O–H groups in total. The predicted octanol–water partition coefficient (Wildman–Crippen LogP) is 5.69. The molecule has 1 saturated heterocycles. The number of hydrogen-bond acceptors (Lipinski definition) is 2. The van der Waals surface area contributed by atoms with Gasteiger partial charge in [-0.25, -0.2) is 0 Å². The van der Waals surface area contributed by atoms with E-state index in [9.17, 15) is 0 Å². The van der Waals surface area contributed by atoms with Gasteiger partial charge in [0.2, 0.25) is 0 Å². The van der Waals surface area contributed by atoms with Crippen LogP contribution in [0.2, 0.25) is 0 Å². The third kappa shape index (κ3) is 7.87. The van der Waals surface area contributed by atoms with Gasteiger partial charge in [0.15, 0.2) is 0 Å². The van der Waals surface area contributed by atoms with Gasteiger partial charge in [-0.1, -0.05) is 88.3 Å². The number of nitrogens with one attached hydrogen (secondary N) is 2. The molecule has 52 heavy (non-hydrogen) atoms. The molecule has 0 aromatic heterocycles. The van der Waals surface area contributed by atoms with Crippen LogP contribution >= 0.6 is 7.92 Å². The second kappa shape index (κ2) is 17.9. The van der Waals surface area contributed by atoms with Crippen LogP contribution in [-0.4, -0.2) is 26.7 Å². The number of benzene rings is 3. The normalized spacial score (nSPS) is 28.6. The van der Waals surface area contributed by atoms with E-state index in [1.165, 1.54) is 129 Å². The van der Waals surface area contributed by atoms with E-state index in [-0.39, 0.29) is 38.4 Å². The Balaban J connectivity index is 0.000000465. The summed E-state index contributed by atoms with van der Waals surface area (Å²) < 4.78 is 2.01. The van der Waals surface area contributed by atoms with Crippen LogP contribution in [0.15, 0.2) is 54.6 Å². The molecular formula is C46H63Cl2N2PRu. The van der Waals surface area contributed by atoms with E-state index in [1.807, 2.05) is 22.8 Å². The Bertz CT molecular complexity index is 1530. The first-order valence-corrected chi connectivity index (χ1v) is 22.6. The second-order valence-corrected chi connectivity index (χ2v) is 20.6.